The van der Waals surface area contributed by atoms with Gasteiger partial charge in [-0.2, -0.15) is 0 Å². The maximum absolute atomic E-state index is 9.56. The van der Waals surface area contributed by atoms with E-state index in [1.807, 2.05) is 24.3 Å². The number of rotatable bonds is 0. The van der Waals surface area contributed by atoms with Gasteiger partial charge in [0.15, 0.2) is 0 Å². The van der Waals surface area contributed by atoms with E-state index in [1.54, 1.807) is 25.0 Å². The highest BCUT2D eigenvalue weighted by molar-refractivity contribution is 7.90. The Morgan fingerprint density at radius 2 is 1.47 bits per heavy atom. The number of H-pyrrole nitrogens is 1. The van der Waals surface area contributed by atoms with Crippen LogP contribution in [0.25, 0.3) is 11.0 Å². The van der Waals surface area contributed by atoms with Crippen LogP contribution >= 0.6 is 0 Å². The molecule has 0 amide bonds. The van der Waals surface area contributed by atoms with Crippen molar-refractivity contribution in [3.8, 4) is 0 Å². The molecule has 96 valence electrons. The molecule has 7 heteroatoms. The first kappa shape index (κ1) is 16.2. The summed E-state index contributed by atoms with van der Waals surface area (Å²) < 4.78 is 19.1. The Balaban J connectivity index is 0.000000274. The fraction of sp³-hybridized carbons (Fsp3) is 0.400. The largest absolute Gasteiger partial charge is 0.617 e. The van der Waals surface area contributed by atoms with Crippen LogP contribution in [0.5, 0.6) is 0 Å². The second-order valence-electron chi connectivity index (χ2n) is 3.31. The summed E-state index contributed by atoms with van der Waals surface area (Å²) in [5, 5.41) is 10.2. The number of hydrogen-bond donors (Lipinski definition) is 1. The molecule has 17 heavy (non-hydrogen) atoms. The first-order valence-corrected chi connectivity index (χ1v) is 8.62. The van der Waals surface area contributed by atoms with Gasteiger partial charge in [0.25, 0.3) is 0 Å². The van der Waals surface area contributed by atoms with Crippen LogP contribution in [-0.2, 0) is 22.4 Å². The van der Waals surface area contributed by atoms with Crippen molar-refractivity contribution in [1.82, 2.24) is 15.4 Å². The number of fused-ring (bicyclic) bond motifs is 1. The molecule has 0 aliphatic rings. The van der Waals surface area contributed by atoms with E-state index in [1.165, 1.54) is 0 Å². The molecular formula is C10H17N3O2S2. The minimum absolute atomic E-state index is 0.611. The number of hydrogen-bond acceptors (Lipinski definition) is 4. The van der Waals surface area contributed by atoms with Gasteiger partial charge in [-0.25, -0.2) is 0 Å². The lowest BCUT2D eigenvalue weighted by Gasteiger charge is -1.87. The molecule has 0 bridgehead atoms. The van der Waals surface area contributed by atoms with Crippen LogP contribution in [0.2, 0.25) is 0 Å². The summed E-state index contributed by atoms with van der Waals surface area (Å²) in [5.41, 5.74) is 1.90. The summed E-state index contributed by atoms with van der Waals surface area (Å²) >= 11 is -1.22. The Morgan fingerprint density at radius 1 is 1.00 bits per heavy atom. The summed E-state index contributed by atoms with van der Waals surface area (Å²) in [6, 6.07) is 7.74. The van der Waals surface area contributed by atoms with Gasteiger partial charge in [-0.3, -0.25) is 5.10 Å². The minimum atomic E-state index is -0.611. The Hall–Kier alpha value is -0.760. The maximum Gasteiger partial charge on any atom is 0.112 e. The molecule has 0 aliphatic heterocycles. The minimum Gasteiger partial charge on any atom is -0.617 e. The van der Waals surface area contributed by atoms with Crippen LogP contribution in [0.3, 0.4) is 0 Å². The standard InChI is InChI=1S/C6H5N3.2C2H6OS/c1-2-4-6-5(3-1)7-9-8-6;2*1-4(2)3/h1-4H,(H,7,8,9);2*1-2H3. The Morgan fingerprint density at radius 3 is 1.94 bits per heavy atom. The van der Waals surface area contributed by atoms with Gasteiger partial charge in [0.2, 0.25) is 0 Å². The van der Waals surface area contributed by atoms with Crippen molar-refractivity contribution in [3.05, 3.63) is 24.3 Å². The van der Waals surface area contributed by atoms with Crippen molar-refractivity contribution in [2.24, 2.45) is 0 Å². The van der Waals surface area contributed by atoms with Crippen molar-refractivity contribution in [3.63, 3.8) is 0 Å². The average molecular weight is 275 g/mol. The number of benzene rings is 1. The van der Waals surface area contributed by atoms with Gasteiger partial charge in [-0.1, -0.05) is 39.7 Å². The molecule has 0 spiro atoms. The lowest BCUT2D eigenvalue weighted by molar-refractivity contribution is 0.605. The van der Waals surface area contributed by atoms with E-state index in [2.05, 4.69) is 15.4 Å². The molecule has 0 radical (unpaired) electrons. The molecule has 0 atom stereocenters. The van der Waals surface area contributed by atoms with E-state index in [0.717, 1.165) is 11.0 Å². The van der Waals surface area contributed by atoms with E-state index >= 15 is 0 Å². The summed E-state index contributed by atoms with van der Waals surface area (Å²) in [6.45, 7) is 0. The fourth-order valence-electron chi connectivity index (χ4n) is 0.788. The molecule has 0 unspecified atom stereocenters. The van der Waals surface area contributed by atoms with Crippen molar-refractivity contribution in [2.45, 2.75) is 0 Å². The van der Waals surface area contributed by atoms with Gasteiger partial charge >= 0.3 is 0 Å². The Bertz CT molecular complexity index is 365. The van der Waals surface area contributed by atoms with E-state index < -0.39 is 22.4 Å². The van der Waals surface area contributed by atoms with Gasteiger partial charge < -0.3 is 9.11 Å². The quantitative estimate of drug-likeness (QED) is 0.725. The highest BCUT2D eigenvalue weighted by Crippen LogP contribution is 2.03. The molecule has 0 saturated heterocycles. The average Bonchev–Trinajstić information content (AvgIpc) is 2.62. The number of nitrogens with zero attached hydrogens (tertiary/aromatic N) is 2. The Labute approximate surface area is 107 Å². The summed E-state index contributed by atoms with van der Waals surface area (Å²) in [5.74, 6) is 0. The van der Waals surface area contributed by atoms with Crippen molar-refractivity contribution < 1.29 is 9.11 Å². The van der Waals surface area contributed by atoms with Crippen molar-refractivity contribution in [2.75, 3.05) is 25.0 Å². The zero-order valence-corrected chi connectivity index (χ0v) is 12.0. The fourth-order valence-corrected chi connectivity index (χ4v) is 0.788. The van der Waals surface area contributed by atoms with Crippen molar-refractivity contribution in [1.29, 1.82) is 0 Å². The normalized spacial score (nSPS) is 9.65. The molecule has 0 fully saturated rings. The zero-order chi connectivity index (χ0) is 13.3. The van der Waals surface area contributed by atoms with Gasteiger partial charge in [0.1, 0.15) is 5.52 Å². The van der Waals surface area contributed by atoms with Crippen LogP contribution in [0.15, 0.2) is 24.3 Å². The first-order chi connectivity index (χ1) is 7.93. The summed E-state index contributed by atoms with van der Waals surface area (Å²) in [6.07, 6.45) is 6.56. The number of aromatic amines is 1. The van der Waals surface area contributed by atoms with Crippen LogP contribution in [0.1, 0.15) is 0 Å². The second-order valence-corrected chi connectivity index (χ2v) is 6.28. The SMILES string of the molecule is C[S+](C)[O-].C[S+](C)[O-].c1ccc2[nH]nnc2c1. The predicted molar refractivity (Wildman–Crippen MR) is 73.9 cm³/mol. The molecule has 1 aromatic carbocycles. The molecule has 5 nitrogen and oxygen atoms in total. The van der Waals surface area contributed by atoms with Crippen LogP contribution in [0.4, 0.5) is 0 Å². The Kier molecular flexibility index (Phi) is 8.87. The topological polar surface area (TPSA) is 87.7 Å². The lowest BCUT2D eigenvalue weighted by atomic mass is 10.3. The molecule has 1 N–H and O–H groups in total. The lowest BCUT2D eigenvalue weighted by Crippen LogP contribution is -1.86. The zero-order valence-electron chi connectivity index (χ0n) is 10.3. The molecule has 2 aromatic rings. The summed E-state index contributed by atoms with van der Waals surface area (Å²) in [7, 11) is 0. The molecule has 1 heterocycles. The summed E-state index contributed by atoms with van der Waals surface area (Å²) in [4.78, 5) is 0. The van der Waals surface area contributed by atoms with E-state index in [4.69, 9.17) is 0 Å². The highest BCUT2D eigenvalue weighted by atomic mass is 32.2. The molecule has 0 aliphatic carbocycles. The molecule has 2 rings (SSSR count). The van der Waals surface area contributed by atoms with Gasteiger partial charge in [0, 0.05) is 0 Å². The van der Waals surface area contributed by atoms with E-state index in [-0.39, 0.29) is 0 Å². The van der Waals surface area contributed by atoms with E-state index in [0.29, 0.717) is 0 Å². The maximum atomic E-state index is 9.56. The third-order valence-electron chi connectivity index (χ3n) is 1.23. The van der Waals surface area contributed by atoms with Crippen LogP contribution in [0, 0.1) is 0 Å². The highest BCUT2D eigenvalue weighted by Gasteiger charge is 1.90. The van der Waals surface area contributed by atoms with Gasteiger partial charge in [0.05, 0.1) is 30.5 Å². The van der Waals surface area contributed by atoms with Crippen molar-refractivity contribution >= 4 is 33.4 Å². The van der Waals surface area contributed by atoms with Crippen LogP contribution < -0.4 is 0 Å². The molecule has 1 aromatic heterocycles. The van der Waals surface area contributed by atoms with Gasteiger partial charge in [-0.05, 0) is 12.1 Å². The van der Waals surface area contributed by atoms with Crippen LogP contribution in [-0.4, -0.2) is 49.5 Å². The third-order valence-corrected chi connectivity index (χ3v) is 1.23. The number of aromatic nitrogens is 3. The smallest absolute Gasteiger partial charge is 0.112 e. The van der Waals surface area contributed by atoms with Gasteiger partial charge in [-0.15, -0.1) is 5.10 Å². The molecular weight excluding hydrogens is 258 g/mol. The third kappa shape index (κ3) is 10.1. The monoisotopic (exact) mass is 275 g/mol. The predicted octanol–water partition coefficient (Wildman–Crippen LogP) is 0.947. The first-order valence-electron chi connectivity index (χ1n) is 4.69. The number of para-hydroxylation sites is 1. The molecule has 0 saturated carbocycles. The van der Waals surface area contributed by atoms with E-state index in [9.17, 15) is 9.11 Å². The second kappa shape index (κ2) is 9.29. The number of nitrogens with one attached hydrogen (secondary N) is 1.